The second-order valence-electron chi connectivity index (χ2n) is 6.64. The molecule has 26 heavy (non-hydrogen) atoms. The van der Waals surface area contributed by atoms with Crippen molar-refractivity contribution in [1.82, 2.24) is 15.3 Å². The monoisotopic (exact) mass is 359 g/mol. The van der Waals surface area contributed by atoms with Gasteiger partial charge in [0.05, 0.1) is 10.9 Å². The number of nitrogens with one attached hydrogen (secondary N) is 2. The van der Waals surface area contributed by atoms with Gasteiger partial charge >= 0.3 is 5.97 Å². The molecule has 7 nitrogen and oxygen atoms in total. The summed E-state index contributed by atoms with van der Waals surface area (Å²) in [6, 6.07) is 7.12. The topological polar surface area (TPSA) is 101 Å². The molecular weight excluding hydrogens is 334 g/mol. The van der Waals surface area contributed by atoms with E-state index in [2.05, 4.69) is 15.3 Å². The van der Waals surface area contributed by atoms with Gasteiger partial charge in [0.15, 0.2) is 6.61 Å². The van der Waals surface area contributed by atoms with Crippen LogP contribution in [0.2, 0.25) is 0 Å². The Kier molecular flexibility index (Phi) is 6.89. The predicted octanol–water partition coefficient (Wildman–Crippen LogP) is 1.95. The lowest BCUT2D eigenvalue weighted by atomic mass is 10.1. The van der Waals surface area contributed by atoms with Crippen LogP contribution >= 0.6 is 0 Å². The van der Waals surface area contributed by atoms with Crippen LogP contribution in [0, 0.1) is 5.92 Å². The summed E-state index contributed by atoms with van der Waals surface area (Å²) in [6.07, 6.45) is 1.08. The van der Waals surface area contributed by atoms with Crippen LogP contribution in [0.15, 0.2) is 29.1 Å². The summed E-state index contributed by atoms with van der Waals surface area (Å²) in [5.41, 5.74) is 0.439. The number of esters is 1. The van der Waals surface area contributed by atoms with E-state index < -0.39 is 5.97 Å². The SMILES string of the molecule is CC(C)C(C)NC(=O)COC(=O)CCCc1nc2ccccc2c(=O)[nH]1. The van der Waals surface area contributed by atoms with Crippen LogP contribution in [0.1, 0.15) is 39.4 Å². The van der Waals surface area contributed by atoms with Crippen LogP contribution < -0.4 is 10.9 Å². The van der Waals surface area contributed by atoms with Crippen LogP contribution in [-0.4, -0.2) is 34.5 Å². The summed E-state index contributed by atoms with van der Waals surface area (Å²) in [5.74, 6) is 0.0943. The van der Waals surface area contributed by atoms with E-state index in [0.717, 1.165) is 0 Å². The summed E-state index contributed by atoms with van der Waals surface area (Å²) in [4.78, 5) is 42.5. The summed E-state index contributed by atoms with van der Waals surface area (Å²) in [6.45, 7) is 5.63. The fraction of sp³-hybridized carbons (Fsp3) is 0.474. The van der Waals surface area contributed by atoms with Crippen molar-refractivity contribution in [1.29, 1.82) is 0 Å². The molecule has 1 aromatic heterocycles. The number of benzene rings is 1. The van der Waals surface area contributed by atoms with Gasteiger partial charge in [0.25, 0.3) is 11.5 Å². The average Bonchev–Trinajstić information content (AvgIpc) is 2.60. The smallest absolute Gasteiger partial charge is 0.306 e. The molecule has 0 aliphatic carbocycles. The molecule has 140 valence electrons. The number of hydrogen-bond donors (Lipinski definition) is 2. The molecule has 0 saturated carbocycles. The average molecular weight is 359 g/mol. The Morgan fingerprint density at radius 3 is 2.69 bits per heavy atom. The Balaban J connectivity index is 1.76. The van der Waals surface area contributed by atoms with Gasteiger partial charge in [-0.05, 0) is 31.4 Å². The maximum absolute atomic E-state index is 12.0. The van der Waals surface area contributed by atoms with Crippen molar-refractivity contribution in [3.05, 3.63) is 40.4 Å². The van der Waals surface area contributed by atoms with Crippen LogP contribution in [0.25, 0.3) is 10.9 Å². The first-order valence-electron chi connectivity index (χ1n) is 8.79. The van der Waals surface area contributed by atoms with E-state index >= 15 is 0 Å². The Bertz CT molecular complexity index is 829. The molecule has 0 fully saturated rings. The Morgan fingerprint density at radius 1 is 1.23 bits per heavy atom. The molecule has 1 aromatic carbocycles. The van der Waals surface area contributed by atoms with E-state index in [0.29, 0.717) is 35.5 Å². The number of aromatic nitrogens is 2. The lowest BCUT2D eigenvalue weighted by molar-refractivity contribution is -0.148. The second-order valence-corrected chi connectivity index (χ2v) is 6.64. The molecule has 7 heteroatoms. The van der Waals surface area contributed by atoms with Crippen molar-refractivity contribution < 1.29 is 14.3 Å². The van der Waals surface area contributed by atoms with Crippen molar-refractivity contribution in [2.45, 2.75) is 46.1 Å². The van der Waals surface area contributed by atoms with Gasteiger partial charge in [-0.1, -0.05) is 26.0 Å². The second kappa shape index (κ2) is 9.12. The maximum Gasteiger partial charge on any atom is 0.306 e. The number of aromatic amines is 1. The predicted molar refractivity (Wildman–Crippen MR) is 98.7 cm³/mol. The van der Waals surface area contributed by atoms with Gasteiger partial charge in [-0.15, -0.1) is 0 Å². The zero-order valence-electron chi connectivity index (χ0n) is 15.4. The number of H-pyrrole nitrogens is 1. The van der Waals surface area contributed by atoms with Crippen LogP contribution in [0.5, 0.6) is 0 Å². The first-order chi connectivity index (χ1) is 12.4. The fourth-order valence-electron chi connectivity index (χ4n) is 2.33. The largest absolute Gasteiger partial charge is 0.456 e. The van der Waals surface area contributed by atoms with Gasteiger partial charge in [0.1, 0.15) is 5.82 Å². The molecule has 1 atom stereocenters. The number of hydrogen-bond acceptors (Lipinski definition) is 5. The minimum Gasteiger partial charge on any atom is -0.456 e. The van der Waals surface area contributed by atoms with E-state index in [-0.39, 0.29) is 30.5 Å². The molecule has 1 unspecified atom stereocenters. The Hall–Kier alpha value is -2.70. The van der Waals surface area contributed by atoms with Gasteiger partial charge in [-0.3, -0.25) is 14.4 Å². The summed E-state index contributed by atoms with van der Waals surface area (Å²) in [5, 5.41) is 3.31. The summed E-state index contributed by atoms with van der Waals surface area (Å²) < 4.78 is 4.97. The Morgan fingerprint density at radius 2 is 1.96 bits per heavy atom. The number of para-hydroxylation sites is 1. The lowest BCUT2D eigenvalue weighted by Gasteiger charge is -2.17. The number of rotatable bonds is 8. The number of nitrogens with zero attached hydrogens (tertiary/aromatic N) is 1. The van der Waals surface area contributed by atoms with E-state index in [1.807, 2.05) is 26.8 Å². The van der Waals surface area contributed by atoms with Gasteiger partial charge in [0.2, 0.25) is 0 Å². The minimum atomic E-state index is -0.444. The zero-order valence-corrected chi connectivity index (χ0v) is 15.4. The Labute approximate surface area is 152 Å². The van der Waals surface area contributed by atoms with Crippen LogP contribution in [0.3, 0.4) is 0 Å². The molecule has 0 saturated heterocycles. The number of amides is 1. The molecule has 2 aromatic rings. The van der Waals surface area contributed by atoms with Crippen molar-refractivity contribution in [3.8, 4) is 0 Å². The minimum absolute atomic E-state index is 0.0250. The number of carbonyl (C=O) groups is 2. The van der Waals surface area contributed by atoms with Gasteiger partial charge in [-0.2, -0.15) is 0 Å². The lowest BCUT2D eigenvalue weighted by Crippen LogP contribution is -2.38. The summed E-state index contributed by atoms with van der Waals surface area (Å²) >= 11 is 0. The van der Waals surface area contributed by atoms with E-state index in [1.54, 1.807) is 18.2 Å². The molecule has 1 heterocycles. The molecule has 0 radical (unpaired) electrons. The van der Waals surface area contributed by atoms with Crippen LogP contribution in [0.4, 0.5) is 0 Å². The summed E-state index contributed by atoms with van der Waals surface area (Å²) in [7, 11) is 0. The van der Waals surface area contributed by atoms with Crippen LogP contribution in [-0.2, 0) is 20.7 Å². The van der Waals surface area contributed by atoms with Crippen molar-refractivity contribution in [3.63, 3.8) is 0 Å². The third kappa shape index (κ3) is 5.68. The van der Waals surface area contributed by atoms with Gasteiger partial charge in [-0.25, -0.2) is 4.98 Å². The first kappa shape index (κ1) is 19.6. The van der Waals surface area contributed by atoms with E-state index in [1.165, 1.54) is 0 Å². The number of carbonyl (C=O) groups excluding carboxylic acids is 2. The first-order valence-corrected chi connectivity index (χ1v) is 8.79. The molecular formula is C19H25N3O4. The third-order valence-electron chi connectivity index (χ3n) is 4.21. The quantitative estimate of drug-likeness (QED) is 0.702. The third-order valence-corrected chi connectivity index (χ3v) is 4.21. The van der Waals surface area contributed by atoms with Gasteiger partial charge in [0, 0.05) is 18.9 Å². The highest BCUT2D eigenvalue weighted by Gasteiger charge is 2.13. The number of fused-ring (bicyclic) bond motifs is 1. The number of aryl methyl sites for hydroxylation is 1. The highest BCUT2D eigenvalue weighted by molar-refractivity contribution is 5.80. The molecule has 2 rings (SSSR count). The van der Waals surface area contributed by atoms with E-state index in [4.69, 9.17) is 4.74 Å². The van der Waals surface area contributed by atoms with E-state index in [9.17, 15) is 14.4 Å². The fourth-order valence-corrected chi connectivity index (χ4v) is 2.33. The number of ether oxygens (including phenoxy) is 1. The highest BCUT2D eigenvalue weighted by Crippen LogP contribution is 2.07. The highest BCUT2D eigenvalue weighted by atomic mass is 16.5. The van der Waals surface area contributed by atoms with Crippen molar-refractivity contribution in [2.24, 2.45) is 5.92 Å². The molecule has 2 N–H and O–H groups in total. The molecule has 0 spiro atoms. The molecule has 1 amide bonds. The molecule has 0 bridgehead atoms. The molecule has 0 aliphatic heterocycles. The standard InChI is InChI=1S/C19H25N3O4/c1-12(2)13(3)20-17(23)11-26-18(24)10-6-9-16-21-15-8-5-4-7-14(15)19(25)22-16/h4-5,7-8,12-13H,6,9-11H2,1-3H3,(H,20,23)(H,21,22,25). The van der Waals surface area contributed by atoms with Crippen molar-refractivity contribution in [2.75, 3.05) is 6.61 Å². The zero-order chi connectivity index (χ0) is 19.1. The van der Waals surface area contributed by atoms with Gasteiger partial charge < -0.3 is 15.0 Å². The maximum atomic E-state index is 12.0. The van der Waals surface area contributed by atoms with Crippen molar-refractivity contribution >= 4 is 22.8 Å². The molecule has 0 aliphatic rings. The normalized spacial score (nSPS) is 12.2.